The highest BCUT2D eigenvalue weighted by atomic mass is 19.1. The summed E-state index contributed by atoms with van der Waals surface area (Å²) < 4.78 is 23.5. The number of ether oxygens (including phenoxy) is 2. The van der Waals surface area contributed by atoms with E-state index >= 15 is 0 Å². The Balaban J connectivity index is 3.06. The molecule has 0 aliphatic heterocycles. The third-order valence-corrected chi connectivity index (χ3v) is 2.56. The van der Waals surface area contributed by atoms with E-state index in [1.165, 1.54) is 26.4 Å². The molecule has 94 valence electrons. The molecule has 17 heavy (non-hydrogen) atoms. The summed E-state index contributed by atoms with van der Waals surface area (Å²) >= 11 is 0. The van der Waals surface area contributed by atoms with E-state index in [0.29, 0.717) is 6.42 Å². The van der Waals surface area contributed by atoms with Gasteiger partial charge in [0.2, 0.25) is 0 Å². The second-order valence-corrected chi connectivity index (χ2v) is 3.70. The van der Waals surface area contributed by atoms with Gasteiger partial charge in [0.15, 0.2) is 17.3 Å². The molecule has 0 radical (unpaired) electrons. The van der Waals surface area contributed by atoms with Gasteiger partial charge in [0.25, 0.3) is 0 Å². The Kier molecular flexibility index (Phi) is 5.10. The van der Waals surface area contributed by atoms with Crippen LogP contribution in [0.3, 0.4) is 0 Å². The fourth-order valence-corrected chi connectivity index (χ4v) is 1.70. The van der Waals surface area contributed by atoms with Crippen LogP contribution >= 0.6 is 0 Å². The van der Waals surface area contributed by atoms with Gasteiger partial charge in [-0.2, -0.15) is 0 Å². The molecule has 0 N–H and O–H groups in total. The summed E-state index contributed by atoms with van der Waals surface area (Å²) in [5.41, 5.74) is 0.229. The maximum Gasteiger partial charge on any atom is 0.195 e. The minimum absolute atomic E-state index is 0.0179. The molecule has 0 aromatic heterocycles. The van der Waals surface area contributed by atoms with Crippen LogP contribution in [-0.2, 0) is 4.74 Å². The average Bonchev–Trinajstić information content (AvgIpc) is 2.34. The molecule has 1 aromatic rings. The molecule has 3 nitrogen and oxygen atoms in total. The second-order valence-electron chi connectivity index (χ2n) is 3.70. The van der Waals surface area contributed by atoms with Crippen molar-refractivity contribution < 1.29 is 18.7 Å². The summed E-state index contributed by atoms with van der Waals surface area (Å²) in [5, 5.41) is 0. The number of carbonyl (C=O) groups is 1. The first-order valence-electron chi connectivity index (χ1n) is 5.55. The summed E-state index contributed by atoms with van der Waals surface area (Å²) in [6.45, 7) is 1.96. The van der Waals surface area contributed by atoms with Gasteiger partial charge in [0.05, 0.1) is 12.7 Å². The molecule has 0 aliphatic carbocycles. The fourth-order valence-electron chi connectivity index (χ4n) is 1.70. The number of hydrogen-bond donors (Lipinski definition) is 0. The minimum Gasteiger partial charge on any atom is -0.493 e. The summed E-state index contributed by atoms with van der Waals surface area (Å²) in [6, 6.07) is 4.30. The number of rotatable bonds is 6. The SMILES string of the molecule is CCCC(OC)C(=O)c1cccc(F)c1OC. The van der Waals surface area contributed by atoms with Gasteiger partial charge < -0.3 is 9.47 Å². The molecule has 0 saturated heterocycles. The largest absolute Gasteiger partial charge is 0.493 e. The Morgan fingerprint density at radius 2 is 2.12 bits per heavy atom. The topological polar surface area (TPSA) is 35.5 Å². The zero-order chi connectivity index (χ0) is 12.8. The maximum atomic E-state index is 13.4. The summed E-state index contributed by atoms with van der Waals surface area (Å²) in [6.07, 6.45) is 0.882. The average molecular weight is 240 g/mol. The minimum atomic E-state index is -0.546. The molecule has 1 atom stereocenters. The molecular weight excluding hydrogens is 223 g/mol. The Labute approximate surface area is 101 Å². The van der Waals surface area contributed by atoms with Crippen LogP contribution in [0.2, 0.25) is 0 Å². The van der Waals surface area contributed by atoms with E-state index in [-0.39, 0.29) is 17.1 Å². The number of hydrogen-bond acceptors (Lipinski definition) is 3. The number of carbonyl (C=O) groups excluding carboxylic acids is 1. The van der Waals surface area contributed by atoms with Crippen LogP contribution in [0.15, 0.2) is 18.2 Å². The van der Waals surface area contributed by atoms with Crippen LogP contribution in [0.5, 0.6) is 5.75 Å². The molecule has 0 amide bonds. The molecule has 0 spiro atoms. The van der Waals surface area contributed by atoms with Crippen molar-refractivity contribution in [3.05, 3.63) is 29.6 Å². The summed E-state index contributed by atoms with van der Waals surface area (Å²) in [7, 11) is 2.82. The smallest absolute Gasteiger partial charge is 0.195 e. The lowest BCUT2D eigenvalue weighted by Crippen LogP contribution is -2.23. The van der Waals surface area contributed by atoms with E-state index < -0.39 is 11.9 Å². The van der Waals surface area contributed by atoms with E-state index in [0.717, 1.165) is 6.42 Å². The molecular formula is C13H17FO3. The molecule has 0 saturated carbocycles. The first-order valence-corrected chi connectivity index (χ1v) is 5.55. The van der Waals surface area contributed by atoms with E-state index in [1.54, 1.807) is 6.07 Å². The number of Topliss-reactive ketones (excluding diaryl/α,β-unsaturated/α-hetero) is 1. The Hall–Kier alpha value is -1.42. The van der Waals surface area contributed by atoms with Gasteiger partial charge in [-0.05, 0) is 18.6 Å². The van der Waals surface area contributed by atoms with Gasteiger partial charge in [-0.15, -0.1) is 0 Å². The van der Waals surface area contributed by atoms with E-state index in [2.05, 4.69) is 0 Å². The van der Waals surface area contributed by atoms with Gasteiger partial charge in [-0.1, -0.05) is 19.4 Å². The van der Waals surface area contributed by atoms with Crippen LogP contribution in [0.1, 0.15) is 30.1 Å². The maximum absolute atomic E-state index is 13.4. The van der Waals surface area contributed by atoms with Gasteiger partial charge in [0.1, 0.15) is 6.10 Å². The Bertz CT molecular complexity index is 390. The lowest BCUT2D eigenvalue weighted by atomic mass is 10.0. The monoisotopic (exact) mass is 240 g/mol. The van der Waals surface area contributed by atoms with Crippen molar-refractivity contribution in [2.45, 2.75) is 25.9 Å². The Morgan fingerprint density at radius 3 is 2.65 bits per heavy atom. The first kappa shape index (κ1) is 13.6. The van der Waals surface area contributed by atoms with Crippen LogP contribution in [0, 0.1) is 5.82 Å². The Morgan fingerprint density at radius 1 is 1.41 bits per heavy atom. The lowest BCUT2D eigenvalue weighted by molar-refractivity contribution is 0.0575. The zero-order valence-corrected chi connectivity index (χ0v) is 10.3. The fraction of sp³-hybridized carbons (Fsp3) is 0.462. The number of methoxy groups -OCH3 is 2. The van der Waals surface area contributed by atoms with Gasteiger partial charge in [-0.25, -0.2) is 4.39 Å². The van der Waals surface area contributed by atoms with Crippen molar-refractivity contribution in [1.29, 1.82) is 0 Å². The highest BCUT2D eigenvalue weighted by Gasteiger charge is 2.23. The van der Waals surface area contributed by atoms with E-state index in [4.69, 9.17) is 9.47 Å². The standard InChI is InChI=1S/C13H17FO3/c1-4-6-11(16-2)12(15)9-7-5-8-10(14)13(9)17-3/h5,7-8,11H,4,6H2,1-3H3. The van der Waals surface area contributed by atoms with Gasteiger partial charge in [0, 0.05) is 7.11 Å². The summed E-state index contributed by atoms with van der Waals surface area (Å²) in [5.74, 6) is -0.800. The van der Waals surface area contributed by atoms with Crippen molar-refractivity contribution in [1.82, 2.24) is 0 Å². The third kappa shape index (κ3) is 3.03. The number of halogens is 1. The predicted octanol–water partition coefficient (Wildman–Crippen LogP) is 2.83. The first-order chi connectivity index (χ1) is 8.15. The van der Waals surface area contributed by atoms with E-state index in [9.17, 15) is 9.18 Å². The highest BCUT2D eigenvalue weighted by molar-refractivity contribution is 6.01. The van der Waals surface area contributed by atoms with Gasteiger partial charge in [-0.3, -0.25) is 4.79 Å². The van der Waals surface area contributed by atoms with Crippen molar-refractivity contribution in [3.63, 3.8) is 0 Å². The van der Waals surface area contributed by atoms with Crippen molar-refractivity contribution in [2.75, 3.05) is 14.2 Å². The predicted molar refractivity (Wildman–Crippen MR) is 63.0 cm³/mol. The van der Waals surface area contributed by atoms with Crippen LogP contribution in [-0.4, -0.2) is 26.1 Å². The normalized spacial score (nSPS) is 12.2. The molecule has 0 aliphatic rings. The van der Waals surface area contributed by atoms with E-state index in [1.807, 2.05) is 6.92 Å². The molecule has 0 heterocycles. The third-order valence-electron chi connectivity index (χ3n) is 2.56. The molecule has 1 unspecified atom stereocenters. The van der Waals surface area contributed by atoms with Crippen LogP contribution in [0.25, 0.3) is 0 Å². The number of para-hydroxylation sites is 1. The molecule has 0 bridgehead atoms. The van der Waals surface area contributed by atoms with Crippen molar-refractivity contribution in [3.8, 4) is 5.75 Å². The number of ketones is 1. The van der Waals surface area contributed by atoms with Crippen LogP contribution < -0.4 is 4.74 Å². The van der Waals surface area contributed by atoms with Crippen molar-refractivity contribution >= 4 is 5.78 Å². The quantitative estimate of drug-likeness (QED) is 0.717. The molecule has 0 fully saturated rings. The zero-order valence-electron chi connectivity index (χ0n) is 10.3. The second kappa shape index (κ2) is 6.35. The van der Waals surface area contributed by atoms with Gasteiger partial charge >= 0.3 is 0 Å². The lowest BCUT2D eigenvalue weighted by Gasteiger charge is -2.15. The molecule has 1 rings (SSSR count). The van der Waals surface area contributed by atoms with Crippen LogP contribution in [0.4, 0.5) is 4.39 Å². The number of benzene rings is 1. The summed E-state index contributed by atoms with van der Waals surface area (Å²) in [4.78, 5) is 12.1. The molecule has 1 aromatic carbocycles. The molecule has 4 heteroatoms. The highest BCUT2D eigenvalue weighted by Crippen LogP contribution is 2.24. The van der Waals surface area contributed by atoms with Crippen molar-refractivity contribution in [2.24, 2.45) is 0 Å².